The molecule has 0 aliphatic heterocycles. The number of amides is 2. The van der Waals surface area contributed by atoms with Gasteiger partial charge in [-0.05, 0) is 42.7 Å². The molecule has 2 amide bonds. The summed E-state index contributed by atoms with van der Waals surface area (Å²) in [4.78, 5) is 23.9. The Morgan fingerprint density at radius 3 is 2.00 bits per heavy atom. The van der Waals surface area contributed by atoms with Crippen LogP contribution in [0.1, 0.15) is 58.1 Å². The molecular weight excluding hydrogens is 288 g/mol. The standard InChI is InChI=1S/C19H30N2O2/c1-12(2)10-15-6-8-16(9-7-15)14(5)19(23)21-17(18(20)22)11-13(3)4/h6-9,12-14,17H,10-11H2,1-5H3,(H2,20,22)(H,21,23)/t14-,17+/m0/s1. The van der Waals surface area contributed by atoms with Crippen LogP contribution in [0.15, 0.2) is 24.3 Å². The Morgan fingerprint density at radius 2 is 1.57 bits per heavy atom. The van der Waals surface area contributed by atoms with Crippen molar-refractivity contribution in [3.63, 3.8) is 0 Å². The van der Waals surface area contributed by atoms with Crippen molar-refractivity contribution in [1.82, 2.24) is 5.32 Å². The molecule has 4 nitrogen and oxygen atoms in total. The number of nitrogens with one attached hydrogen (secondary N) is 1. The van der Waals surface area contributed by atoms with E-state index in [1.807, 2.05) is 32.9 Å². The third-order valence-corrected chi connectivity index (χ3v) is 3.88. The van der Waals surface area contributed by atoms with Gasteiger partial charge in [-0.3, -0.25) is 9.59 Å². The number of carbonyl (C=O) groups excluding carboxylic acids is 2. The van der Waals surface area contributed by atoms with Crippen molar-refractivity contribution in [1.29, 1.82) is 0 Å². The zero-order chi connectivity index (χ0) is 17.6. The number of benzene rings is 1. The predicted molar refractivity (Wildman–Crippen MR) is 94.0 cm³/mol. The molecule has 0 bridgehead atoms. The zero-order valence-electron chi connectivity index (χ0n) is 14.9. The Hall–Kier alpha value is -1.84. The highest BCUT2D eigenvalue weighted by molar-refractivity contribution is 5.89. The van der Waals surface area contributed by atoms with Crippen LogP contribution in [0.5, 0.6) is 0 Å². The van der Waals surface area contributed by atoms with Gasteiger partial charge < -0.3 is 11.1 Å². The summed E-state index contributed by atoms with van der Waals surface area (Å²) in [5.74, 6) is -0.0537. The maximum absolute atomic E-state index is 12.4. The third kappa shape index (κ3) is 6.43. The highest BCUT2D eigenvalue weighted by Gasteiger charge is 2.23. The molecule has 0 heterocycles. The Kier molecular flexibility index (Phi) is 7.27. The van der Waals surface area contributed by atoms with Crippen LogP contribution in [-0.2, 0) is 16.0 Å². The van der Waals surface area contributed by atoms with Gasteiger partial charge in [-0.15, -0.1) is 0 Å². The van der Waals surface area contributed by atoms with Gasteiger partial charge >= 0.3 is 0 Å². The molecule has 0 spiro atoms. The second-order valence-corrected chi connectivity index (χ2v) is 7.15. The van der Waals surface area contributed by atoms with Gasteiger partial charge in [-0.25, -0.2) is 0 Å². The quantitative estimate of drug-likeness (QED) is 0.773. The second-order valence-electron chi connectivity index (χ2n) is 7.15. The molecule has 3 N–H and O–H groups in total. The minimum Gasteiger partial charge on any atom is -0.368 e. The minimum atomic E-state index is -0.606. The van der Waals surface area contributed by atoms with Crippen LogP contribution in [0.3, 0.4) is 0 Å². The smallest absolute Gasteiger partial charge is 0.240 e. The highest BCUT2D eigenvalue weighted by Crippen LogP contribution is 2.18. The number of carbonyl (C=O) groups is 2. The van der Waals surface area contributed by atoms with Crippen LogP contribution in [0.2, 0.25) is 0 Å². The van der Waals surface area contributed by atoms with Gasteiger partial charge in [0.1, 0.15) is 6.04 Å². The highest BCUT2D eigenvalue weighted by atomic mass is 16.2. The summed E-state index contributed by atoms with van der Waals surface area (Å²) in [7, 11) is 0. The monoisotopic (exact) mass is 318 g/mol. The van der Waals surface area contributed by atoms with Crippen LogP contribution in [0, 0.1) is 11.8 Å². The molecular formula is C19H30N2O2. The molecule has 0 saturated heterocycles. The summed E-state index contributed by atoms with van der Waals surface area (Å²) in [6.45, 7) is 10.2. The first kappa shape index (κ1) is 19.2. The van der Waals surface area contributed by atoms with E-state index in [-0.39, 0.29) is 11.8 Å². The first-order chi connectivity index (χ1) is 10.7. The Balaban J connectivity index is 2.73. The maximum Gasteiger partial charge on any atom is 0.240 e. The molecule has 0 fully saturated rings. The lowest BCUT2D eigenvalue weighted by atomic mass is 9.95. The third-order valence-electron chi connectivity index (χ3n) is 3.88. The molecule has 0 aliphatic rings. The molecule has 1 aromatic carbocycles. The number of nitrogens with two attached hydrogens (primary N) is 1. The summed E-state index contributed by atoms with van der Waals surface area (Å²) < 4.78 is 0. The lowest BCUT2D eigenvalue weighted by molar-refractivity contribution is -0.128. The van der Waals surface area contributed by atoms with E-state index >= 15 is 0 Å². The first-order valence-electron chi connectivity index (χ1n) is 8.39. The van der Waals surface area contributed by atoms with E-state index in [0.717, 1.165) is 12.0 Å². The van der Waals surface area contributed by atoms with E-state index in [9.17, 15) is 9.59 Å². The fourth-order valence-corrected chi connectivity index (χ4v) is 2.58. The van der Waals surface area contributed by atoms with Gasteiger partial charge in [-0.1, -0.05) is 52.0 Å². The second kappa shape index (κ2) is 8.70. The minimum absolute atomic E-state index is 0.161. The summed E-state index contributed by atoms with van der Waals surface area (Å²) in [5.41, 5.74) is 7.60. The number of rotatable bonds is 8. The van der Waals surface area contributed by atoms with E-state index < -0.39 is 11.9 Å². The lowest BCUT2D eigenvalue weighted by Gasteiger charge is -2.20. The molecule has 0 saturated carbocycles. The van der Waals surface area contributed by atoms with Crippen LogP contribution in [0.4, 0.5) is 0 Å². The number of hydrogen-bond donors (Lipinski definition) is 2. The molecule has 128 valence electrons. The average Bonchev–Trinajstić information content (AvgIpc) is 2.45. The van der Waals surface area contributed by atoms with Crippen molar-refractivity contribution in [2.75, 3.05) is 0 Å². The lowest BCUT2D eigenvalue weighted by Crippen LogP contribution is -2.46. The molecule has 0 unspecified atom stereocenters. The molecule has 4 heteroatoms. The Morgan fingerprint density at radius 1 is 1.00 bits per heavy atom. The number of hydrogen-bond acceptors (Lipinski definition) is 2. The van der Waals surface area contributed by atoms with Crippen molar-refractivity contribution >= 4 is 11.8 Å². The fraction of sp³-hybridized carbons (Fsp3) is 0.579. The largest absolute Gasteiger partial charge is 0.368 e. The first-order valence-corrected chi connectivity index (χ1v) is 8.39. The topological polar surface area (TPSA) is 72.2 Å². The van der Waals surface area contributed by atoms with E-state index in [4.69, 9.17) is 5.73 Å². The van der Waals surface area contributed by atoms with Gasteiger partial charge in [0.2, 0.25) is 11.8 Å². The summed E-state index contributed by atoms with van der Waals surface area (Å²) in [5, 5.41) is 2.78. The molecule has 0 radical (unpaired) electrons. The van der Waals surface area contributed by atoms with E-state index in [0.29, 0.717) is 18.3 Å². The van der Waals surface area contributed by atoms with Crippen molar-refractivity contribution in [3.05, 3.63) is 35.4 Å². The molecule has 0 aromatic heterocycles. The van der Waals surface area contributed by atoms with Crippen molar-refractivity contribution in [2.24, 2.45) is 17.6 Å². The normalized spacial score (nSPS) is 13.9. The molecule has 1 aromatic rings. The Bertz CT molecular complexity index is 521. The van der Waals surface area contributed by atoms with Crippen LogP contribution in [-0.4, -0.2) is 17.9 Å². The summed E-state index contributed by atoms with van der Waals surface area (Å²) in [6, 6.07) is 7.51. The van der Waals surface area contributed by atoms with E-state index in [1.165, 1.54) is 5.56 Å². The van der Waals surface area contributed by atoms with Crippen molar-refractivity contribution < 1.29 is 9.59 Å². The zero-order valence-corrected chi connectivity index (χ0v) is 14.9. The number of primary amides is 1. The SMILES string of the molecule is CC(C)Cc1ccc([C@H](C)C(=O)N[C@H](CC(C)C)C(N)=O)cc1. The van der Waals surface area contributed by atoms with Gasteiger partial charge in [0, 0.05) is 0 Å². The molecule has 0 aliphatic carbocycles. The Labute approximate surface area is 139 Å². The van der Waals surface area contributed by atoms with E-state index in [1.54, 1.807) is 0 Å². The summed E-state index contributed by atoms with van der Waals surface area (Å²) >= 11 is 0. The van der Waals surface area contributed by atoms with Crippen molar-refractivity contribution in [2.45, 2.75) is 59.4 Å². The van der Waals surface area contributed by atoms with Gasteiger partial charge in [0.25, 0.3) is 0 Å². The fourth-order valence-electron chi connectivity index (χ4n) is 2.58. The average molecular weight is 318 g/mol. The molecule has 2 atom stereocenters. The van der Waals surface area contributed by atoms with Crippen LogP contribution in [0.25, 0.3) is 0 Å². The molecule has 1 rings (SSSR count). The predicted octanol–water partition coefficient (Wildman–Crippen LogP) is 3.00. The van der Waals surface area contributed by atoms with Crippen LogP contribution >= 0.6 is 0 Å². The molecule has 23 heavy (non-hydrogen) atoms. The maximum atomic E-state index is 12.4. The van der Waals surface area contributed by atoms with Gasteiger partial charge in [-0.2, -0.15) is 0 Å². The van der Waals surface area contributed by atoms with Crippen molar-refractivity contribution in [3.8, 4) is 0 Å². The van der Waals surface area contributed by atoms with E-state index in [2.05, 4.69) is 31.3 Å². The van der Waals surface area contributed by atoms with Gasteiger partial charge in [0.05, 0.1) is 5.92 Å². The van der Waals surface area contributed by atoms with Crippen LogP contribution < -0.4 is 11.1 Å². The van der Waals surface area contributed by atoms with Gasteiger partial charge in [0.15, 0.2) is 0 Å². The summed E-state index contributed by atoms with van der Waals surface area (Å²) in [6.07, 6.45) is 1.58.